The predicted molar refractivity (Wildman–Crippen MR) is 119 cm³/mol. The zero-order valence-corrected chi connectivity index (χ0v) is 18.1. The lowest BCUT2D eigenvalue weighted by Crippen LogP contribution is -2.45. The minimum absolute atomic E-state index is 0.0219. The molecule has 0 radical (unpaired) electrons. The van der Waals surface area contributed by atoms with E-state index in [9.17, 15) is 19.5 Å². The Morgan fingerprint density at radius 3 is 2.34 bits per heavy atom. The van der Waals surface area contributed by atoms with E-state index in [1.165, 1.54) is 0 Å². The number of alkyl carbamates (subject to hydrolysis) is 1. The number of carbonyl (C=O) groups is 3. The molecule has 2 N–H and O–H groups in total. The highest BCUT2D eigenvalue weighted by molar-refractivity contribution is 5.80. The molecular weight excluding hydrogens is 408 g/mol. The summed E-state index contributed by atoms with van der Waals surface area (Å²) >= 11 is 0. The van der Waals surface area contributed by atoms with Gasteiger partial charge in [-0.3, -0.25) is 9.59 Å². The van der Waals surface area contributed by atoms with Gasteiger partial charge < -0.3 is 20.1 Å². The summed E-state index contributed by atoms with van der Waals surface area (Å²) in [5, 5.41) is 11.9. The summed E-state index contributed by atoms with van der Waals surface area (Å²) in [5.74, 6) is -1.56. The fraction of sp³-hybridized carbons (Fsp3) is 0.400. The van der Waals surface area contributed by atoms with Gasteiger partial charge >= 0.3 is 12.1 Å². The number of carbonyl (C=O) groups excluding carboxylic acids is 2. The number of benzene rings is 2. The summed E-state index contributed by atoms with van der Waals surface area (Å²) in [5.41, 5.74) is 4.61. The third-order valence-electron chi connectivity index (χ3n) is 6.31. The van der Waals surface area contributed by atoms with Gasteiger partial charge in [0.1, 0.15) is 6.61 Å². The van der Waals surface area contributed by atoms with Gasteiger partial charge in [0.05, 0.1) is 5.92 Å². The molecule has 2 aromatic rings. The molecule has 0 aromatic heterocycles. The quantitative estimate of drug-likeness (QED) is 0.721. The monoisotopic (exact) mass is 436 g/mol. The smallest absolute Gasteiger partial charge is 0.407 e. The lowest BCUT2D eigenvalue weighted by Gasteiger charge is -2.31. The van der Waals surface area contributed by atoms with Gasteiger partial charge in [-0.1, -0.05) is 48.5 Å². The standard InChI is InChI=1S/C25H28N2O5/c1-16(13-23(28)27-12-6-7-17(14-27)24(29)30)26-25(31)32-15-22-20-10-4-2-8-18(20)19-9-3-5-11-21(19)22/h2-5,8-11,16-17,22H,6-7,12-15H2,1H3,(H,26,31)(H,29,30)/t16-,17-/m0/s1. The molecule has 1 fully saturated rings. The molecule has 2 aromatic carbocycles. The number of carboxylic acids is 1. The molecule has 7 heteroatoms. The van der Waals surface area contributed by atoms with Crippen molar-refractivity contribution < 1.29 is 24.2 Å². The van der Waals surface area contributed by atoms with Crippen molar-refractivity contribution in [2.75, 3.05) is 19.7 Å². The maximum atomic E-state index is 12.5. The fourth-order valence-electron chi connectivity index (χ4n) is 4.69. The molecule has 2 atom stereocenters. The van der Waals surface area contributed by atoms with E-state index in [1.54, 1.807) is 11.8 Å². The van der Waals surface area contributed by atoms with Crippen molar-refractivity contribution in [1.82, 2.24) is 10.2 Å². The number of amides is 2. The number of nitrogens with one attached hydrogen (secondary N) is 1. The van der Waals surface area contributed by atoms with Gasteiger partial charge in [0.2, 0.25) is 5.91 Å². The maximum absolute atomic E-state index is 12.5. The normalized spacial score (nSPS) is 18.4. The molecule has 0 saturated carbocycles. The summed E-state index contributed by atoms with van der Waals surface area (Å²) in [7, 11) is 0. The molecule has 32 heavy (non-hydrogen) atoms. The Hall–Kier alpha value is -3.35. The first-order chi connectivity index (χ1) is 15.4. The van der Waals surface area contributed by atoms with Gasteiger partial charge in [0, 0.05) is 31.5 Å². The molecular formula is C25H28N2O5. The molecule has 2 amide bonds. The lowest BCUT2D eigenvalue weighted by atomic mass is 9.98. The Morgan fingerprint density at radius 1 is 1.09 bits per heavy atom. The Morgan fingerprint density at radius 2 is 1.72 bits per heavy atom. The SMILES string of the molecule is C[C@@H](CC(=O)N1CCC[C@H](C(=O)O)C1)NC(=O)OCC1c2ccccc2-c2ccccc21. The number of fused-ring (bicyclic) bond motifs is 3. The Labute approximate surface area is 187 Å². The molecule has 1 heterocycles. The number of carboxylic acid groups (broad SMARTS) is 1. The summed E-state index contributed by atoms with van der Waals surface area (Å²) in [6, 6.07) is 15.9. The van der Waals surface area contributed by atoms with E-state index in [4.69, 9.17) is 4.74 Å². The summed E-state index contributed by atoms with van der Waals surface area (Å²) in [6.07, 6.45) is 0.814. The summed E-state index contributed by atoms with van der Waals surface area (Å²) in [6.45, 7) is 2.75. The van der Waals surface area contributed by atoms with Gasteiger partial charge in [0.25, 0.3) is 0 Å². The first-order valence-corrected chi connectivity index (χ1v) is 11.1. The number of rotatable bonds is 6. The highest BCUT2D eigenvalue weighted by Gasteiger charge is 2.30. The van der Waals surface area contributed by atoms with E-state index < -0.39 is 24.0 Å². The average Bonchev–Trinajstić information content (AvgIpc) is 3.11. The average molecular weight is 437 g/mol. The molecule has 0 spiro atoms. The van der Waals surface area contributed by atoms with Gasteiger partial charge in [-0.15, -0.1) is 0 Å². The highest BCUT2D eigenvalue weighted by atomic mass is 16.5. The second kappa shape index (κ2) is 9.42. The number of nitrogens with zero attached hydrogens (tertiary/aromatic N) is 1. The van der Waals surface area contributed by atoms with E-state index in [1.807, 2.05) is 24.3 Å². The Bertz CT molecular complexity index is 975. The van der Waals surface area contributed by atoms with Crippen molar-refractivity contribution in [3.05, 3.63) is 59.7 Å². The number of ether oxygens (including phenoxy) is 1. The van der Waals surface area contributed by atoms with Crippen LogP contribution in [0.15, 0.2) is 48.5 Å². The molecule has 168 valence electrons. The van der Waals surface area contributed by atoms with Crippen LogP contribution in [0.5, 0.6) is 0 Å². The largest absolute Gasteiger partial charge is 0.481 e. The predicted octanol–water partition coefficient (Wildman–Crippen LogP) is 3.63. The van der Waals surface area contributed by atoms with Crippen LogP contribution in [0, 0.1) is 5.92 Å². The van der Waals surface area contributed by atoms with Gasteiger partial charge in [-0.05, 0) is 42.0 Å². The minimum atomic E-state index is -0.868. The van der Waals surface area contributed by atoms with Gasteiger partial charge in [-0.2, -0.15) is 0 Å². The first kappa shape index (κ1) is 21.9. The molecule has 7 nitrogen and oxygen atoms in total. The topological polar surface area (TPSA) is 95.9 Å². The van der Waals surface area contributed by atoms with Crippen LogP contribution in [0.25, 0.3) is 11.1 Å². The molecule has 0 bridgehead atoms. The van der Waals surface area contributed by atoms with E-state index >= 15 is 0 Å². The van der Waals surface area contributed by atoms with E-state index in [0.717, 1.165) is 22.3 Å². The second-order valence-electron chi connectivity index (χ2n) is 8.59. The molecule has 1 aliphatic carbocycles. The minimum Gasteiger partial charge on any atom is -0.481 e. The van der Waals surface area contributed by atoms with Crippen molar-refractivity contribution in [3.8, 4) is 11.1 Å². The van der Waals surface area contributed by atoms with Crippen LogP contribution in [0.2, 0.25) is 0 Å². The van der Waals surface area contributed by atoms with Crippen LogP contribution in [0.1, 0.15) is 43.2 Å². The van der Waals surface area contributed by atoms with Gasteiger partial charge in [-0.25, -0.2) is 4.79 Å². The maximum Gasteiger partial charge on any atom is 0.407 e. The lowest BCUT2D eigenvalue weighted by molar-refractivity contribution is -0.145. The molecule has 4 rings (SSSR count). The van der Waals surface area contributed by atoms with Crippen molar-refractivity contribution in [1.29, 1.82) is 0 Å². The van der Waals surface area contributed by atoms with Crippen LogP contribution < -0.4 is 5.32 Å². The molecule has 1 saturated heterocycles. The second-order valence-corrected chi connectivity index (χ2v) is 8.59. The number of likely N-dealkylation sites (tertiary alicyclic amines) is 1. The van der Waals surface area contributed by atoms with Gasteiger partial charge in [0.15, 0.2) is 0 Å². The third kappa shape index (κ3) is 4.61. The molecule has 0 unspecified atom stereocenters. The number of hydrogen-bond donors (Lipinski definition) is 2. The van der Waals surface area contributed by atoms with Crippen LogP contribution in [0.4, 0.5) is 4.79 Å². The summed E-state index contributed by atoms with van der Waals surface area (Å²) in [4.78, 5) is 37.7. The highest BCUT2D eigenvalue weighted by Crippen LogP contribution is 2.44. The van der Waals surface area contributed by atoms with Crippen molar-refractivity contribution in [2.45, 2.75) is 38.1 Å². The third-order valence-corrected chi connectivity index (χ3v) is 6.31. The van der Waals surface area contributed by atoms with Crippen LogP contribution in [-0.2, 0) is 14.3 Å². The van der Waals surface area contributed by atoms with Crippen molar-refractivity contribution in [3.63, 3.8) is 0 Å². The Kier molecular flexibility index (Phi) is 6.44. The van der Waals surface area contributed by atoms with Crippen LogP contribution in [-0.4, -0.2) is 53.7 Å². The van der Waals surface area contributed by atoms with E-state index in [0.29, 0.717) is 19.4 Å². The zero-order chi connectivity index (χ0) is 22.7. The summed E-state index contributed by atoms with van der Waals surface area (Å²) < 4.78 is 5.53. The van der Waals surface area contributed by atoms with Crippen molar-refractivity contribution >= 4 is 18.0 Å². The van der Waals surface area contributed by atoms with Crippen LogP contribution >= 0.6 is 0 Å². The molecule has 2 aliphatic rings. The van der Waals surface area contributed by atoms with Crippen LogP contribution in [0.3, 0.4) is 0 Å². The first-order valence-electron chi connectivity index (χ1n) is 11.1. The Balaban J connectivity index is 1.30. The molecule has 1 aliphatic heterocycles. The van der Waals surface area contributed by atoms with E-state index in [-0.39, 0.29) is 31.4 Å². The van der Waals surface area contributed by atoms with Crippen molar-refractivity contribution in [2.24, 2.45) is 5.92 Å². The zero-order valence-electron chi connectivity index (χ0n) is 18.1. The fourth-order valence-corrected chi connectivity index (χ4v) is 4.69. The van der Waals surface area contributed by atoms with E-state index in [2.05, 4.69) is 29.6 Å². The number of piperidine rings is 1. The number of hydrogen-bond acceptors (Lipinski definition) is 4. The number of aliphatic carboxylic acids is 1.